The highest BCUT2D eigenvalue weighted by Crippen LogP contribution is 2.26. The lowest BCUT2D eigenvalue weighted by atomic mass is 9.97. The topological polar surface area (TPSA) is 157 Å². The van der Waals surface area contributed by atoms with Crippen LogP contribution in [0.1, 0.15) is 25.3 Å². The summed E-state index contributed by atoms with van der Waals surface area (Å²) in [6.45, 7) is 2.33. The highest BCUT2D eigenvalue weighted by atomic mass is 32.2. The Morgan fingerprint density at radius 2 is 1.66 bits per heavy atom. The van der Waals surface area contributed by atoms with Gasteiger partial charge >= 0.3 is 0 Å². The Bertz CT molecular complexity index is 1030. The van der Waals surface area contributed by atoms with Crippen molar-refractivity contribution in [2.45, 2.75) is 30.9 Å². The standard InChI is InChI=1S/C22H30N4O5S/c1-22(20(27)26-28,32(2,29)30)13-12-16-4-6-17(7-5-16)18-8-10-19(11-9-18)31-15-3-14-25-21(23)24/h4-11,28H,3,12-15H2,1-2H3,(H,26,27)(H4,23,24,25). The predicted molar refractivity (Wildman–Crippen MR) is 124 cm³/mol. The SMILES string of the molecule is CC(CCc1ccc(-c2ccc(OCCCN=C(N)N)cc2)cc1)(C(=O)NO)S(C)(=O)=O. The van der Waals surface area contributed by atoms with Crippen LogP contribution in [0.3, 0.4) is 0 Å². The minimum Gasteiger partial charge on any atom is -0.494 e. The number of carbonyl (C=O) groups excluding carboxylic acids is 1. The van der Waals surface area contributed by atoms with Crippen LogP contribution in [0.25, 0.3) is 11.1 Å². The molecule has 1 amide bonds. The molecule has 0 saturated heterocycles. The van der Waals surface area contributed by atoms with Crippen molar-refractivity contribution < 1.29 is 23.2 Å². The fraction of sp³-hybridized carbons (Fsp3) is 0.364. The Morgan fingerprint density at radius 3 is 2.16 bits per heavy atom. The minimum absolute atomic E-state index is 0.0484. The van der Waals surface area contributed by atoms with Gasteiger partial charge in [-0.1, -0.05) is 36.4 Å². The lowest BCUT2D eigenvalue weighted by Crippen LogP contribution is -2.49. The maximum Gasteiger partial charge on any atom is 0.264 e. The summed E-state index contributed by atoms with van der Waals surface area (Å²) in [5.41, 5.74) is 14.9. The normalized spacial score (nSPS) is 13.1. The van der Waals surface area contributed by atoms with E-state index in [4.69, 9.17) is 21.4 Å². The second kappa shape index (κ2) is 11.0. The van der Waals surface area contributed by atoms with E-state index in [0.29, 0.717) is 26.0 Å². The number of benzene rings is 2. The van der Waals surface area contributed by atoms with Crippen LogP contribution in [-0.2, 0) is 21.1 Å². The summed E-state index contributed by atoms with van der Waals surface area (Å²) in [6.07, 6.45) is 2.11. The van der Waals surface area contributed by atoms with Gasteiger partial charge in [-0.25, -0.2) is 13.9 Å². The van der Waals surface area contributed by atoms with Gasteiger partial charge in [0.1, 0.15) is 10.5 Å². The maximum absolute atomic E-state index is 12.1. The number of rotatable bonds is 11. The van der Waals surface area contributed by atoms with Crippen LogP contribution in [-0.4, -0.2) is 49.6 Å². The Kier molecular flexibility index (Phi) is 8.62. The summed E-state index contributed by atoms with van der Waals surface area (Å²) in [5, 5.41) is 8.92. The van der Waals surface area contributed by atoms with E-state index in [1.54, 1.807) is 0 Å². The second-order valence-electron chi connectivity index (χ2n) is 7.67. The number of guanidine groups is 1. The number of carbonyl (C=O) groups is 1. The van der Waals surface area contributed by atoms with Gasteiger partial charge in [0, 0.05) is 19.2 Å². The summed E-state index contributed by atoms with van der Waals surface area (Å²) >= 11 is 0. The number of aliphatic imine (C=N–C) groups is 1. The van der Waals surface area contributed by atoms with E-state index in [2.05, 4.69) is 4.99 Å². The quantitative estimate of drug-likeness (QED) is 0.130. The lowest BCUT2D eigenvalue weighted by Gasteiger charge is -2.25. The first-order valence-corrected chi connectivity index (χ1v) is 12.0. The molecule has 1 unspecified atom stereocenters. The molecule has 0 radical (unpaired) electrons. The maximum atomic E-state index is 12.1. The van der Waals surface area contributed by atoms with Gasteiger partial charge < -0.3 is 16.2 Å². The van der Waals surface area contributed by atoms with Crippen LogP contribution in [0, 0.1) is 0 Å². The first kappa shape index (κ1) is 25.2. The van der Waals surface area contributed by atoms with Crippen molar-refractivity contribution in [1.82, 2.24) is 5.48 Å². The molecule has 0 spiro atoms. The number of hydroxylamine groups is 1. The molecule has 6 N–H and O–H groups in total. The van der Waals surface area contributed by atoms with Crippen molar-refractivity contribution in [3.63, 3.8) is 0 Å². The van der Waals surface area contributed by atoms with E-state index in [1.807, 2.05) is 48.5 Å². The number of hydrogen-bond acceptors (Lipinski definition) is 6. The van der Waals surface area contributed by atoms with Crippen LogP contribution in [0.4, 0.5) is 0 Å². The third-order valence-electron chi connectivity index (χ3n) is 5.30. The molecule has 32 heavy (non-hydrogen) atoms. The summed E-state index contributed by atoms with van der Waals surface area (Å²) < 4.78 is 28.1. The summed E-state index contributed by atoms with van der Waals surface area (Å²) in [7, 11) is -3.72. The van der Waals surface area contributed by atoms with E-state index < -0.39 is 20.5 Å². The van der Waals surface area contributed by atoms with Crippen LogP contribution in [0.15, 0.2) is 53.5 Å². The molecule has 0 aliphatic carbocycles. The predicted octanol–water partition coefficient (Wildman–Crippen LogP) is 1.64. The number of nitrogens with two attached hydrogens (primary N) is 2. The number of hydrogen-bond donors (Lipinski definition) is 4. The number of amides is 1. The highest BCUT2D eigenvalue weighted by molar-refractivity contribution is 7.92. The molecule has 1 atom stereocenters. The van der Waals surface area contributed by atoms with E-state index >= 15 is 0 Å². The molecule has 0 heterocycles. The van der Waals surface area contributed by atoms with Crippen LogP contribution in [0.2, 0.25) is 0 Å². The molecule has 0 aliphatic heterocycles. The van der Waals surface area contributed by atoms with Gasteiger partial charge in [-0.05, 0) is 48.6 Å². The molecule has 0 saturated carbocycles. The van der Waals surface area contributed by atoms with Crippen LogP contribution >= 0.6 is 0 Å². The van der Waals surface area contributed by atoms with Crippen molar-refractivity contribution in [2.24, 2.45) is 16.5 Å². The summed E-state index contributed by atoms with van der Waals surface area (Å²) in [5.74, 6) is -0.118. The average molecular weight is 463 g/mol. The van der Waals surface area contributed by atoms with Gasteiger partial charge in [-0.3, -0.25) is 15.0 Å². The average Bonchev–Trinajstić information content (AvgIpc) is 2.76. The van der Waals surface area contributed by atoms with Gasteiger partial charge in [0.25, 0.3) is 5.91 Å². The molecule has 0 bridgehead atoms. The minimum atomic E-state index is -3.72. The molecule has 2 aromatic rings. The Labute approximate surface area is 188 Å². The fourth-order valence-electron chi connectivity index (χ4n) is 3.04. The monoisotopic (exact) mass is 462 g/mol. The molecular formula is C22H30N4O5S. The molecule has 174 valence electrons. The van der Waals surface area contributed by atoms with E-state index in [1.165, 1.54) is 12.4 Å². The summed E-state index contributed by atoms with van der Waals surface area (Å²) in [4.78, 5) is 15.8. The van der Waals surface area contributed by atoms with Crippen molar-refractivity contribution >= 4 is 21.7 Å². The van der Waals surface area contributed by atoms with Gasteiger partial charge in [-0.15, -0.1) is 0 Å². The van der Waals surface area contributed by atoms with E-state index in [-0.39, 0.29) is 12.4 Å². The lowest BCUT2D eigenvalue weighted by molar-refractivity contribution is -0.131. The Balaban J connectivity index is 1.97. The molecule has 9 nitrogen and oxygen atoms in total. The fourth-order valence-corrected chi connectivity index (χ4v) is 3.89. The molecular weight excluding hydrogens is 432 g/mol. The first-order valence-electron chi connectivity index (χ1n) is 10.1. The largest absolute Gasteiger partial charge is 0.494 e. The Hall–Kier alpha value is -3.11. The number of sulfone groups is 1. The third kappa shape index (κ3) is 6.69. The molecule has 0 aliphatic rings. The molecule has 2 aromatic carbocycles. The molecule has 2 rings (SSSR count). The van der Waals surface area contributed by atoms with E-state index in [0.717, 1.165) is 28.7 Å². The zero-order valence-electron chi connectivity index (χ0n) is 18.2. The number of nitrogens with zero attached hydrogens (tertiary/aromatic N) is 1. The summed E-state index contributed by atoms with van der Waals surface area (Å²) in [6, 6.07) is 15.3. The van der Waals surface area contributed by atoms with Gasteiger partial charge in [0.2, 0.25) is 0 Å². The van der Waals surface area contributed by atoms with Crippen LogP contribution < -0.4 is 21.7 Å². The van der Waals surface area contributed by atoms with Gasteiger partial charge in [0.05, 0.1) is 6.61 Å². The molecule has 10 heteroatoms. The number of aryl methyl sites for hydroxylation is 1. The zero-order valence-corrected chi connectivity index (χ0v) is 19.1. The van der Waals surface area contributed by atoms with Crippen molar-refractivity contribution in [2.75, 3.05) is 19.4 Å². The Morgan fingerprint density at radius 1 is 1.09 bits per heavy atom. The first-order chi connectivity index (χ1) is 15.1. The number of ether oxygens (including phenoxy) is 1. The van der Waals surface area contributed by atoms with Crippen molar-refractivity contribution in [1.29, 1.82) is 0 Å². The molecule has 0 fully saturated rings. The second-order valence-corrected chi connectivity index (χ2v) is 10.1. The number of nitrogens with one attached hydrogen (secondary N) is 1. The highest BCUT2D eigenvalue weighted by Gasteiger charge is 2.43. The van der Waals surface area contributed by atoms with Crippen molar-refractivity contribution in [3.8, 4) is 16.9 Å². The zero-order chi connectivity index (χ0) is 23.8. The van der Waals surface area contributed by atoms with E-state index in [9.17, 15) is 13.2 Å². The molecule has 0 aromatic heterocycles. The van der Waals surface area contributed by atoms with Crippen molar-refractivity contribution in [3.05, 3.63) is 54.1 Å². The third-order valence-corrected chi connectivity index (χ3v) is 7.32. The van der Waals surface area contributed by atoms with Gasteiger partial charge in [0.15, 0.2) is 15.8 Å². The van der Waals surface area contributed by atoms with Gasteiger partial charge in [-0.2, -0.15) is 0 Å². The van der Waals surface area contributed by atoms with Crippen LogP contribution in [0.5, 0.6) is 5.75 Å². The smallest absolute Gasteiger partial charge is 0.264 e.